The number of benzene rings is 4. The van der Waals surface area contributed by atoms with Crippen molar-refractivity contribution in [3.05, 3.63) is 123 Å². The molecule has 6 aromatic rings. The summed E-state index contributed by atoms with van der Waals surface area (Å²) in [4.78, 5) is 19.2. The van der Waals surface area contributed by atoms with Crippen LogP contribution >= 0.6 is 23.2 Å². The lowest BCUT2D eigenvalue weighted by Gasteiger charge is -2.37. The number of fused-ring (bicyclic) bond motifs is 1. The topological polar surface area (TPSA) is 105 Å². The van der Waals surface area contributed by atoms with Gasteiger partial charge in [0.05, 0.1) is 23.4 Å². The van der Waals surface area contributed by atoms with Gasteiger partial charge in [0.25, 0.3) is 0 Å². The Kier molecular flexibility index (Phi) is 9.86. The Morgan fingerprint density at radius 1 is 0.868 bits per heavy atom. The van der Waals surface area contributed by atoms with Crippen molar-refractivity contribution in [1.82, 2.24) is 29.3 Å². The van der Waals surface area contributed by atoms with Crippen LogP contribution in [0, 0.1) is 0 Å². The number of ether oxygens (including phenoxy) is 3. The van der Waals surface area contributed by atoms with Gasteiger partial charge in [-0.1, -0.05) is 48.3 Å². The Bertz CT molecular complexity index is 2220. The van der Waals surface area contributed by atoms with Crippen LogP contribution in [-0.2, 0) is 21.8 Å². The molecule has 2 fully saturated rings. The number of piperazine rings is 1. The van der Waals surface area contributed by atoms with Crippen molar-refractivity contribution < 1.29 is 14.2 Å². The van der Waals surface area contributed by atoms with Crippen LogP contribution in [0.25, 0.3) is 16.7 Å². The van der Waals surface area contributed by atoms with Crippen molar-refractivity contribution in [2.75, 3.05) is 49.2 Å². The SMILES string of the molecule is CCC(C)n1ncn(-c2ccc(N3CCN(c4ccc(OC[C@@H]5CO[C@@](Cn6nc7ccccc7n6)(c6ccc(Cl)cc6Cl)O5)cc4)CC3)cc2)c1=O. The monoisotopic (exact) mass is 754 g/mol. The third-order valence-electron chi connectivity index (χ3n) is 9.99. The smallest absolute Gasteiger partial charge is 0.350 e. The van der Waals surface area contributed by atoms with Gasteiger partial charge in [-0.15, -0.1) is 0 Å². The summed E-state index contributed by atoms with van der Waals surface area (Å²) in [6.45, 7) is 8.35. The summed E-state index contributed by atoms with van der Waals surface area (Å²) in [7, 11) is 0. The fourth-order valence-electron chi connectivity index (χ4n) is 6.87. The highest BCUT2D eigenvalue weighted by Crippen LogP contribution is 2.40. The Labute approximate surface area is 317 Å². The molecule has 8 rings (SSSR count). The van der Waals surface area contributed by atoms with Gasteiger partial charge >= 0.3 is 5.69 Å². The van der Waals surface area contributed by atoms with Crippen molar-refractivity contribution in [2.45, 2.75) is 44.7 Å². The molecule has 0 spiro atoms. The van der Waals surface area contributed by atoms with Gasteiger partial charge in [0.1, 0.15) is 42.4 Å². The molecule has 2 aliphatic rings. The van der Waals surface area contributed by atoms with Crippen LogP contribution in [0.4, 0.5) is 11.4 Å². The maximum atomic E-state index is 12.8. The zero-order valence-electron chi connectivity index (χ0n) is 29.5. The summed E-state index contributed by atoms with van der Waals surface area (Å²) < 4.78 is 22.3. The highest BCUT2D eigenvalue weighted by molar-refractivity contribution is 6.35. The molecule has 2 aromatic heterocycles. The van der Waals surface area contributed by atoms with Gasteiger partial charge < -0.3 is 24.0 Å². The van der Waals surface area contributed by atoms with Crippen LogP contribution in [0.1, 0.15) is 31.9 Å². The predicted octanol–water partition coefficient (Wildman–Crippen LogP) is 6.73. The van der Waals surface area contributed by atoms with Crippen LogP contribution in [0.3, 0.4) is 0 Å². The van der Waals surface area contributed by atoms with E-state index in [9.17, 15) is 4.79 Å². The molecule has 0 aliphatic carbocycles. The van der Waals surface area contributed by atoms with Crippen LogP contribution in [0.5, 0.6) is 5.75 Å². The fourth-order valence-corrected chi connectivity index (χ4v) is 7.43. The largest absolute Gasteiger partial charge is 0.491 e. The first kappa shape index (κ1) is 35.2. The third kappa shape index (κ3) is 7.24. The maximum Gasteiger partial charge on any atom is 0.350 e. The van der Waals surface area contributed by atoms with Crippen LogP contribution in [0.15, 0.2) is 102 Å². The minimum atomic E-state index is -1.23. The second kappa shape index (κ2) is 14.9. The van der Waals surface area contributed by atoms with Crippen LogP contribution in [0.2, 0.25) is 10.0 Å². The summed E-state index contributed by atoms with van der Waals surface area (Å²) in [5.41, 5.74) is 5.17. The number of rotatable bonds is 11. The summed E-state index contributed by atoms with van der Waals surface area (Å²) in [5, 5.41) is 14.5. The van der Waals surface area contributed by atoms with E-state index in [0.29, 0.717) is 22.2 Å². The highest BCUT2D eigenvalue weighted by atomic mass is 35.5. The Morgan fingerprint density at radius 2 is 1.49 bits per heavy atom. The van der Waals surface area contributed by atoms with Crippen molar-refractivity contribution in [3.8, 4) is 11.4 Å². The van der Waals surface area contributed by atoms with Crippen LogP contribution in [-0.4, -0.2) is 74.8 Å². The molecular formula is C39H40Cl2N8O4. The van der Waals surface area contributed by atoms with E-state index in [4.69, 9.17) is 37.4 Å². The van der Waals surface area contributed by atoms with Crippen molar-refractivity contribution in [1.29, 1.82) is 0 Å². The first-order chi connectivity index (χ1) is 25.8. The van der Waals surface area contributed by atoms with Gasteiger partial charge in [0, 0.05) is 48.1 Å². The van der Waals surface area contributed by atoms with Crippen molar-refractivity contribution in [3.63, 3.8) is 0 Å². The number of hydrogen-bond acceptors (Lipinski definition) is 9. The second-order valence-electron chi connectivity index (χ2n) is 13.4. The van der Waals surface area contributed by atoms with Crippen molar-refractivity contribution >= 4 is 45.6 Å². The molecule has 14 heteroatoms. The quantitative estimate of drug-likeness (QED) is 0.142. The Balaban J connectivity index is 0.868. The maximum absolute atomic E-state index is 12.8. The van der Waals surface area contributed by atoms with Crippen molar-refractivity contribution in [2.24, 2.45) is 0 Å². The molecule has 0 amide bonds. The average molecular weight is 756 g/mol. The lowest BCUT2D eigenvalue weighted by atomic mass is 10.1. The molecule has 53 heavy (non-hydrogen) atoms. The summed E-state index contributed by atoms with van der Waals surface area (Å²) in [6, 6.07) is 29.3. The molecule has 274 valence electrons. The Morgan fingerprint density at radius 3 is 2.11 bits per heavy atom. The number of hydrogen-bond donors (Lipinski definition) is 0. The fraction of sp³-hybridized carbons (Fsp3) is 0.333. The van der Waals surface area contributed by atoms with E-state index in [2.05, 4.69) is 49.4 Å². The van der Waals surface area contributed by atoms with E-state index >= 15 is 0 Å². The van der Waals surface area contributed by atoms with Crippen LogP contribution < -0.4 is 20.2 Å². The van der Waals surface area contributed by atoms with Gasteiger partial charge in [-0.05, 0) is 86.1 Å². The molecule has 2 aliphatic heterocycles. The minimum Gasteiger partial charge on any atom is -0.491 e. The normalized spacial score (nSPS) is 19.6. The van der Waals surface area contributed by atoms with E-state index in [0.717, 1.165) is 66.4 Å². The average Bonchev–Trinajstić information content (AvgIpc) is 3.90. The number of halogens is 2. The van der Waals surface area contributed by atoms with Gasteiger partial charge in [-0.2, -0.15) is 20.1 Å². The molecule has 4 heterocycles. The van der Waals surface area contributed by atoms with Gasteiger partial charge in [0.15, 0.2) is 0 Å². The molecular weight excluding hydrogens is 715 g/mol. The number of anilines is 2. The second-order valence-corrected chi connectivity index (χ2v) is 14.3. The molecule has 4 aromatic carbocycles. The van der Waals surface area contributed by atoms with E-state index < -0.39 is 5.79 Å². The van der Waals surface area contributed by atoms with Gasteiger partial charge in [0.2, 0.25) is 5.79 Å². The molecule has 2 saturated heterocycles. The molecule has 12 nitrogen and oxygen atoms in total. The highest BCUT2D eigenvalue weighted by Gasteiger charge is 2.46. The van der Waals surface area contributed by atoms with E-state index in [1.165, 1.54) is 0 Å². The first-order valence-electron chi connectivity index (χ1n) is 17.8. The molecule has 0 N–H and O–H groups in total. The standard InChI is InChI=1S/C39H40Cl2N8O4/c1-3-27(2)49-38(50)47(26-42-49)31-11-9-29(10-12-31)45-18-20-46(21-19-45)30-13-15-32(16-14-30)51-23-33-24-52-39(53-33,34-17-8-28(40)22-35(34)41)25-48-43-36-6-4-5-7-37(36)44-48/h4-17,22,26-27,33H,3,18-21,23-25H2,1-2H3/t27?,33-,39-/m1/s1. The predicted molar refractivity (Wildman–Crippen MR) is 206 cm³/mol. The zero-order valence-corrected chi connectivity index (χ0v) is 31.0. The van der Waals surface area contributed by atoms with Gasteiger partial charge in [-0.3, -0.25) is 0 Å². The lowest BCUT2D eigenvalue weighted by Crippen LogP contribution is -2.46. The van der Waals surface area contributed by atoms with E-state index in [1.807, 2.05) is 68.4 Å². The summed E-state index contributed by atoms with van der Waals surface area (Å²) in [5.74, 6) is -0.484. The molecule has 0 radical (unpaired) electrons. The zero-order chi connectivity index (χ0) is 36.5. The summed E-state index contributed by atoms with van der Waals surface area (Å²) in [6.07, 6.45) is 2.08. The summed E-state index contributed by atoms with van der Waals surface area (Å²) >= 11 is 12.9. The van der Waals surface area contributed by atoms with E-state index in [-0.39, 0.29) is 31.0 Å². The molecule has 1 unspecified atom stereocenters. The molecule has 0 bridgehead atoms. The first-order valence-corrected chi connectivity index (χ1v) is 18.6. The number of aromatic nitrogens is 6. The number of nitrogens with zero attached hydrogens (tertiary/aromatic N) is 8. The molecule has 3 atom stereocenters. The third-order valence-corrected chi connectivity index (χ3v) is 10.5. The van der Waals surface area contributed by atoms with Gasteiger partial charge in [-0.25, -0.2) is 14.0 Å². The Hall–Kier alpha value is -4.88. The van der Waals surface area contributed by atoms with E-state index in [1.54, 1.807) is 32.5 Å². The molecule has 0 saturated carbocycles. The lowest BCUT2D eigenvalue weighted by molar-refractivity contribution is -0.192. The minimum absolute atomic E-state index is 0.0616.